The number of carbonyl (C=O) groups excluding carboxylic acids is 1. The average Bonchev–Trinajstić information content (AvgIpc) is 2.78. The fourth-order valence-electron chi connectivity index (χ4n) is 1.94. The summed E-state index contributed by atoms with van der Waals surface area (Å²) in [6.45, 7) is 3.87. The Bertz CT molecular complexity index is 433. The van der Waals surface area contributed by atoms with Crippen molar-refractivity contribution < 1.29 is 9.90 Å². The van der Waals surface area contributed by atoms with Crippen LogP contribution in [0.5, 0.6) is 0 Å². The van der Waals surface area contributed by atoms with E-state index in [4.69, 9.17) is 5.11 Å². The Labute approximate surface area is 117 Å². The van der Waals surface area contributed by atoms with Crippen molar-refractivity contribution in [2.75, 3.05) is 18.5 Å². The Morgan fingerprint density at radius 1 is 1.42 bits per heavy atom. The lowest BCUT2D eigenvalue weighted by Crippen LogP contribution is -2.46. The minimum absolute atomic E-state index is 0.00811. The van der Waals surface area contributed by atoms with Crippen molar-refractivity contribution in [1.82, 2.24) is 10.3 Å². The average molecular weight is 283 g/mol. The van der Waals surface area contributed by atoms with Crippen molar-refractivity contribution in [2.45, 2.75) is 45.1 Å². The molecule has 106 valence electrons. The van der Waals surface area contributed by atoms with E-state index >= 15 is 0 Å². The molecule has 0 fully saturated rings. The first-order valence-corrected chi connectivity index (χ1v) is 7.46. The molecule has 0 atom stereocenters. The highest BCUT2D eigenvalue weighted by molar-refractivity contribution is 7.15. The van der Waals surface area contributed by atoms with Crippen LogP contribution in [0.25, 0.3) is 0 Å². The van der Waals surface area contributed by atoms with E-state index in [2.05, 4.69) is 15.6 Å². The maximum Gasteiger partial charge on any atom is 0.240 e. The molecule has 1 aliphatic carbocycles. The molecular formula is C13H21N3O2S. The molecule has 1 amide bonds. The first kappa shape index (κ1) is 14.4. The van der Waals surface area contributed by atoms with E-state index in [1.165, 1.54) is 17.7 Å². The lowest BCUT2D eigenvalue weighted by atomic mass is 10.0. The van der Waals surface area contributed by atoms with Crippen LogP contribution in [0, 0.1) is 0 Å². The van der Waals surface area contributed by atoms with Crippen LogP contribution >= 0.6 is 11.3 Å². The molecule has 0 unspecified atom stereocenters. The molecule has 1 aromatic rings. The lowest BCUT2D eigenvalue weighted by Gasteiger charge is -2.22. The number of aliphatic hydroxyl groups excluding tert-OH is 1. The van der Waals surface area contributed by atoms with Crippen LogP contribution in [-0.4, -0.2) is 34.7 Å². The molecule has 0 radical (unpaired) electrons. The largest absolute Gasteiger partial charge is 0.394 e. The number of hydrogen-bond acceptors (Lipinski definition) is 5. The van der Waals surface area contributed by atoms with E-state index in [-0.39, 0.29) is 19.1 Å². The number of carbonyl (C=O) groups is 1. The third kappa shape index (κ3) is 3.99. The van der Waals surface area contributed by atoms with Crippen LogP contribution in [0.1, 0.15) is 37.3 Å². The molecule has 0 bridgehead atoms. The molecule has 1 heterocycles. The van der Waals surface area contributed by atoms with Gasteiger partial charge < -0.3 is 15.7 Å². The molecule has 0 aromatic carbocycles. The third-order valence-electron chi connectivity index (χ3n) is 3.21. The quantitative estimate of drug-likeness (QED) is 0.762. The van der Waals surface area contributed by atoms with Crippen LogP contribution in [0.2, 0.25) is 0 Å². The number of fused-ring (bicyclic) bond motifs is 1. The van der Waals surface area contributed by atoms with Gasteiger partial charge in [0.2, 0.25) is 5.91 Å². The Morgan fingerprint density at radius 2 is 2.16 bits per heavy atom. The standard InChI is InChI=1S/C13H21N3O2S/c1-13(2,8-17)14-7-11(18)16-12-15-9-5-3-4-6-10(9)19-12/h14,17H,3-8H2,1-2H3,(H,15,16,18). The Balaban J connectivity index is 1.87. The number of nitrogens with one attached hydrogen (secondary N) is 2. The van der Waals surface area contributed by atoms with Gasteiger partial charge in [0.05, 0.1) is 18.8 Å². The van der Waals surface area contributed by atoms with Gasteiger partial charge in [-0.1, -0.05) is 0 Å². The van der Waals surface area contributed by atoms with Gasteiger partial charge in [-0.25, -0.2) is 4.98 Å². The Hall–Kier alpha value is -0.980. The molecule has 1 aliphatic rings. The number of nitrogens with zero attached hydrogens (tertiary/aromatic N) is 1. The second-order valence-electron chi connectivity index (χ2n) is 5.54. The first-order chi connectivity index (χ1) is 9.00. The molecule has 0 saturated heterocycles. The fraction of sp³-hybridized carbons (Fsp3) is 0.692. The molecule has 5 nitrogen and oxygen atoms in total. The van der Waals surface area contributed by atoms with Crippen LogP contribution in [0.15, 0.2) is 0 Å². The predicted molar refractivity (Wildman–Crippen MR) is 76.6 cm³/mol. The third-order valence-corrected chi connectivity index (χ3v) is 4.29. The van der Waals surface area contributed by atoms with Gasteiger partial charge in [0.25, 0.3) is 0 Å². The van der Waals surface area contributed by atoms with Gasteiger partial charge in [0.1, 0.15) is 0 Å². The number of thiazole rings is 1. The maximum atomic E-state index is 11.8. The SMILES string of the molecule is CC(C)(CO)NCC(=O)Nc1nc2c(s1)CCCC2. The summed E-state index contributed by atoms with van der Waals surface area (Å²) in [5.74, 6) is -0.118. The highest BCUT2D eigenvalue weighted by Gasteiger charge is 2.19. The van der Waals surface area contributed by atoms with Crippen molar-refractivity contribution in [3.05, 3.63) is 10.6 Å². The van der Waals surface area contributed by atoms with Crippen molar-refractivity contribution >= 4 is 22.4 Å². The van der Waals surface area contributed by atoms with Crippen molar-refractivity contribution in [3.63, 3.8) is 0 Å². The van der Waals surface area contributed by atoms with Crippen molar-refractivity contribution in [1.29, 1.82) is 0 Å². The zero-order chi connectivity index (χ0) is 13.9. The number of aromatic nitrogens is 1. The van der Waals surface area contributed by atoms with Gasteiger partial charge in [-0.3, -0.25) is 4.79 Å². The molecule has 6 heteroatoms. The van der Waals surface area contributed by atoms with E-state index in [0.717, 1.165) is 18.5 Å². The minimum Gasteiger partial charge on any atom is -0.394 e. The second kappa shape index (κ2) is 5.98. The molecule has 19 heavy (non-hydrogen) atoms. The normalized spacial score (nSPS) is 15.1. The predicted octanol–water partition coefficient (Wildman–Crippen LogP) is 1.32. The lowest BCUT2D eigenvalue weighted by molar-refractivity contribution is -0.115. The number of rotatable bonds is 5. The van der Waals surface area contributed by atoms with Gasteiger partial charge in [-0.2, -0.15) is 0 Å². The Morgan fingerprint density at radius 3 is 2.84 bits per heavy atom. The van der Waals surface area contributed by atoms with Crippen LogP contribution < -0.4 is 10.6 Å². The minimum atomic E-state index is -0.445. The summed E-state index contributed by atoms with van der Waals surface area (Å²) in [5, 5.41) is 15.6. The number of amides is 1. The maximum absolute atomic E-state index is 11.8. The van der Waals surface area contributed by atoms with E-state index < -0.39 is 5.54 Å². The zero-order valence-corrected chi connectivity index (χ0v) is 12.3. The van der Waals surface area contributed by atoms with Crippen LogP contribution in [0.3, 0.4) is 0 Å². The molecule has 0 saturated carbocycles. The summed E-state index contributed by atoms with van der Waals surface area (Å²) in [6, 6.07) is 0. The number of aryl methyl sites for hydroxylation is 2. The highest BCUT2D eigenvalue weighted by atomic mass is 32.1. The number of hydrogen-bond donors (Lipinski definition) is 3. The smallest absolute Gasteiger partial charge is 0.240 e. The van der Waals surface area contributed by atoms with E-state index in [1.54, 1.807) is 11.3 Å². The van der Waals surface area contributed by atoms with E-state index in [9.17, 15) is 4.79 Å². The molecule has 1 aromatic heterocycles. The van der Waals surface area contributed by atoms with Gasteiger partial charge >= 0.3 is 0 Å². The highest BCUT2D eigenvalue weighted by Crippen LogP contribution is 2.29. The summed E-state index contributed by atoms with van der Waals surface area (Å²) in [6.07, 6.45) is 4.52. The van der Waals surface area contributed by atoms with Crippen molar-refractivity contribution in [3.8, 4) is 0 Å². The second-order valence-corrected chi connectivity index (χ2v) is 6.62. The monoisotopic (exact) mass is 283 g/mol. The fourth-order valence-corrected chi connectivity index (χ4v) is 3.01. The summed E-state index contributed by atoms with van der Waals surface area (Å²) in [5.41, 5.74) is 0.703. The van der Waals surface area contributed by atoms with Gasteiger partial charge in [-0.05, 0) is 39.5 Å². The summed E-state index contributed by atoms with van der Waals surface area (Å²) >= 11 is 1.58. The summed E-state index contributed by atoms with van der Waals surface area (Å²) < 4.78 is 0. The van der Waals surface area contributed by atoms with Gasteiger partial charge in [0.15, 0.2) is 5.13 Å². The molecule has 0 aliphatic heterocycles. The van der Waals surface area contributed by atoms with Gasteiger partial charge in [0, 0.05) is 10.4 Å². The number of aliphatic hydroxyl groups is 1. The zero-order valence-electron chi connectivity index (χ0n) is 11.5. The molecule has 2 rings (SSSR count). The van der Waals surface area contributed by atoms with E-state index in [1.807, 2.05) is 13.8 Å². The van der Waals surface area contributed by atoms with Crippen LogP contribution in [0.4, 0.5) is 5.13 Å². The van der Waals surface area contributed by atoms with E-state index in [0.29, 0.717) is 5.13 Å². The molecule has 0 spiro atoms. The first-order valence-electron chi connectivity index (χ1n) is 6.64. The molecular weight excluding hydrogens is 262 g/mol. The topological polar surface area (TPSA) is 74.2 Å². The summed E-state index contributed by atoms with van der Waals surface area (Å²) in [7, 11) is 0. The Kier molecular flexibility index (Phi) is 4.54. The van der Waals surface area contributed by atoms with Gasteiger partial charge in [-0.15, -0.1) is 11.3 Å². The molecule has 3 N–H and O–H groups in total. The van der Waals surface area contributed by atoms with Crippen molar-refractivity contribution in [2.24, 2.45) is 0 Å². The van der Waals surface area contributed by atoms with Crippen LogP contribution in [-0.2, 0) is 17.6 Å². The summed E-state index contributed by atoms with van der Waals surface area (Å²) in [4.78, 5) is 17.6. The number of anilines is 1.